The molecule has 0 aliphatic carbocycles. The van der Waals surface area contributed by atoms with Crippen LogP contribution < -0.4 is 10.2 Å². The predicted molar refractivity (Wildman–Crippen MR) is 85.1 cm³/mol. The highest BCUT2D eigenvalue weighted by Crippen LogP contribution is 2.24. The van der Waals surface area contributed by atoms with Crippen molar-refractivity contribution in [3.05, 3.63) is 11.8 Å². The van der Waals surface area contributed by atoms with Crippen LogP contribution in [0.5, 0.6) is 0 Å². The molecule has 0 atom stereocenters. The number of aromatic amines is 1. The van der Waals surface area contributed by atoms with E-state index in [9.17, 15) is 0 Å². The fraction of sp³-hybridized carbons (Fsp3) is 0.600. The lowest BCUT2D eigenvalue weighted by atomic mass is 10.3. The first-order valence-corrected chi connectivity index (χ1v) is 7.72. The van der Waals surface area contributed by atoms with Gasteiger partial charge in [0.05, 0.1) is 18.6 Å². The van der Waals surface area contributed by atoms with Crippen LogP contribution in [0.1, 0.15) is 25.5 Å². The van der Waals surface area contributed by atoms with Gasteiger partial charge in [-0.05, 0) is 19.4 Å². The predicted octanol–water partition coefficient (Wildman–Crippen LogP) is 2.31. The molecular weight excluding hydrogens is 266 g/mol. The molecule has 3 heterocycles. The van der Waals surface area contributed by atoms with E-state index in [1.165, 1.54) is 6.42 Å². The maximum atomic E-state index is 5.40. The lowest BCUT2D eigenvalue weighted by Crippen LogP contribution is -2.37. The molecule has 0 saturated carbocycles. The summed E-state index contributed by atoms with van der Waals surface area (Å²) in [5, 5.41) is 4.52. The van der Waals surface area contributed by atoms with Crippen molar-refractivity contribution in [2.45, 2.75) is 26.7 Å². The zero-order valence-electron chi connectivity index (χ0n) is 12.8. The minimum atomic E-state index is 0.740. The lowest BCUT2D eigenvalue weighted by molar-refractivity contribution is 0.122. The Bertz CT molecular complexity index is 603. The number of nitrogens with one attached hydrogen (secondary N) is 2. The van der Waals surface area contributed by atoms with Gasteiger partial charge in [0.2, 0.25) is 5.95 Å². The number of hydrogen-bond donors (Lipinski definition) is 2. The quantitative estimate of drug-likeness (QED) is 0.827. The monoisotopic (exact) mass is 289 g/mol. The molecule has 0 bridgehead atoms. The number of fused-ring (bicyclic) bond motifs is 1. The third kappa shape index (κ3) is 3.10. The SMILES string of the molecule is CCCCNc1nc(N2CCOCC2)nc2[nH]c(C)cc12. The summed E-state index contributed by atoms with van der Waals surface area (Å²) in [4.78, 5) is 14.9. The molecular formula is C15H23N5O. The Morgan fingerprint density at radius 3 is 2.90 bits per heavy atom. The molecule has 0 radical (unpaired) electrons. The number of H-pyrrole nitrogens is 1. The van der Waals surface area contributed by atoms with Gasteiger partial charge in [0, 0.05) is 25.3 Å². The van der Waals surface area contributed by atoms with Gasteiger partial charge in [-0.3, -0.25) is 0 Å². The Balaban J connectivity index is 1.93. The molecule has 0 amide bonds. The Morgan fingerprint density at radius 1 is 1.33 bits per heavy atom. The first kappa shape index (κ1) is 14.1. The van der Waals surface area contributed by atoms with Crippen LogP contribution in [0, 0.1) is 6.92 Å². The molecule has 2 N–H and O–H groups in total. The van der Waals surface area contributed by atoms with Crippen molar-refractivity contribution in [2.24, 2.45) is 0 Å². The first-order chi connectivity index (χ1) is 10.3. The summed E-state index contributed by atoms with van der Waals surface area (Å²) in [5.41, 5.74) is 2.01. The summed E-state index contributed by atoms with van der Waals surface area (Å²) in [5.74, 6) is 1.71. The molecule has 2 aromatic rings. The van der Waals surface area contributed by atoms with Crippen molar-refractivity contribution in [1.82, 2.24) is 15.0 Å². The summed E-state index contributed by atoms with van der Waals surface area (Å²) in [6.45, 7) is 8.35. The topological polar surface area (TPSA) is 66.1 Å². The molecule has 0 aromatic carbocycles. The van der Waals surface area contributed by atoms with Gasteiger partial charge in [0.25, 0.3) is 0 Å². The van der Waals surface area contributed by atoms with Crippen LogP contribution >= 0.6 is 0 Å². The molecule has 6 heteroatoms. The standard InChI is InChI=1S/C15H23N5O/c1-3-4-5-16-13-12-10-11(2)17-14(12)19-15(18-13)20-6-8-21-9-7-20/h10H,3-9H2,1-2H3,(H2,16,17,18,19). The number of aromatic nitrogens is 3. The van der Waals surface area contributed by atoms with Crippen LogP contribution in [-0.4, -0.2) is 47.8 Å². The van der Waals surface area contributed by atoms with Gasteiger partial charge < -0.3 is 19.9 Å². The number of hydrogen-bond acceptors (Lipinski definition) is 5. The van der Waals surface area contributed by atoms with Crippen molar-refractivity contribution in [3.63, 3.8) is 0 Å². The van der Waals surface area contributed by atoms with Crippen LogP contribution in [0.2, 0.25) is 0 Å². The average molecular weight is 289 g/mol. The second-order valence-electron chi connectivity index (χ2n) is 5.47. The zero-order chi connectivity index (χ0) is 14.7. The Labute approximate surface area is 124 Å². The number of nitrogens with zero attached hydrogens (tertiary/aromatic N) is 3. The second-order valence-corrected chi connectivity index (χ2v) is 5.47. The van der Waals surface area contributed by atoms with E-state index in [0.717, 1.165) is 67.8 Å². The van der Waals surface area contributed by atoms with Crippen LogP contribution in [0.15, 0.2) is 6.07 Å². The van der Waals surface area contributed by atoms with Crippen molar-refractivity contribution >= 4 is 22.8 Å². The average Bonchev–Trinajstić information content (AvgIpc) is 2.88. The van der Waals surface area contributed by atoms with Crippen molar-refractivity contribution < 1.29 is 4.74 Å². The van der Waals surface area contributed by atoms with Crippen LogP contribution in [0.25, 0.3) is 11.0 Å². The van der Waals surface area contributed by atoms with E-state index in [1.807, 2.05) is 6.92 Å². The smallest absolute Gasteiger partial charge is 0.229 e. The van der Waals surface area contributed by atoms with Gasteiger partial charge in [-0.1, -0.05) is 13.3 Å². The summed E-state index contributed by atoms with van der Waals surface area (Å²) in [6.07, 6.45) is 2.31. The molecule has 1 aliphatic heterocycles. The minimum absolute atomic E-state index is 0.740. The molecule has 0 unspecified atom stereocenters. The third-order valence-corrected chi connectivity index (χ3v) is 3.73. The van der Waals surface area contributed by atoms with Crippen LogP contribution in [-0.2, 0) is 4.74 Å². The second kappa shape index (κ2) is 6.30. The van der Waals surface area contributed by atoms with Gasteiger partial charge >= 0.3 is 0 Å². The number of unbranched alkanes of at least 4 members (excludes halogenated alkanes) is 1. The Kier molecular flexibility index (Phi) is 4.24. The van der Waals surface area contributed by atoms with Gasteiger partial charge in [-0.2, -0.15) is 9.97 Å². The van der Waals surface area contributed by atoms with E-state index >= 15 is 0 Å². The normalized spacial score (nSPS) is 15.6. The van der Waals surface area contributed by atoms with Gasteiger partial charge in [-0.25, -0.2) is 0 Å². The highest BCUT2D eigenvalue weighted by atomic mass is 16.5. The van der Waals surface area contributed by atoms with Crippen molar-refractivity contribution in [2.75, 3.05) is 43.1 Å². The van der Waals surface area contributed by atoms with E-state index in [4.69, 9.17) is 9.72 Å². The van der Waals surface area contributed by atoms with E-state index in [-0.39, 0.29) is 0 Å². The highest BCUT2D eigenvalue weighted by Gasteiger charge is 2.17. The largest absolute Gasteiger partial charge is 0.378 e. The minimum Gasteiger partial charge on any atom is -0.378 e. The molecule has 1 saturated heterocycles. The molecule has 1 aliphatic rings. The number of morpholine rings is 1. The summed E-state index contributed by atoms with van der Waals surface area (Å²) >= 11 is 0. The number of aryl methyl sites for hydroxylation is 1. The van der Waals surface area contributed by atoms with Gasteiger partial charge in [0.1, 0.15) is 11.5 Å². The molecule has 3 rings (SSSR count). The highest BCUT2D eigenvalue weighted by molar-refractivity contribution is 5.89. The molecule has 1 fully saturated rings. The fourth-order valence-corrected chi connectivity index (χ4v) is 2.55. The molecule has 2 aromatic heterocycles. The Morgan fingerprint density at radius 2 is 2.14 bits per heavy atom. The van der Waals surface area contributed by atoms with E-state index in [1.54, 1.807) is 0 Å². The van der Waals surface area contributed by atoms with Crippen molar-refractivity contribution in [3.8, 4) is 0 Å². The molecule has 114 valence electrons. The first-order valence-electron chi connectivity index (χ1n) is 7.72. The number of ether oxygens (including phenoxy) is 1. The maximum absolute atomic E-state index is 5.40. The number of anilines is 2. The summed E-state index contributed by atoms with van der Waals surface area (Å²) in [6, 6.07) is 2.10. The van der Waals surface area contributed by atoms with E-state index in [0.29, 0.717) is 0 Å². The molecule has 21 heavy (non-hydrogen) atoms. The lowest BCUT2D eigenvalue weighted by Gasteiger charge is -2.27. The molecule has 6 nitrogen and oxygen atoms in total. The number of rotatable bonds is 5. The van der Waals surface area contributed by atoms with Crippen LogP contribution in [0.4, 0.5) is 11.8 Å². The van der Waals surface area contributed by atoms with E-state index < -0.39 is 0 Å². The third-order valence-electron chi connectivity index (χ3n) is 3.73. The zero-order valence-corrected chi connectivity index (χ0v) is 12.8. The Hall–Kier alpha value is -1.82. The summed E-state index contributed by atoms with van der Waals surface area (Å²) < 4.78 is 5.40. The van der Waals surface area contributed by atoms with Crippen LogP contribution in [0.3, 0.4) is 0 Å². The van der Waals surface area contributed by atoms with Gasteiger partial charge in [-0.15, -0.1) is 0 Å². The molecule has 0 spiro atoms. The van der Waals surface area contributed by atoms with Gasteiger partial charge in [0.15, 0.2) is 0 Å². The summed E-state index contributed by atoms with van der Waals surface area (Å²) in [7, 11) is 0. The maximum Gasteiger partial charge on any atom is 0.229 e. The van der Waals surface area contributed by atoms with E-state index in [2.05, 4.69) is 33.2 Å². The van der Waals surface area contributed by atoms with Crippen molar-refractivity contribution in [1.29, 1.82) is 0 Å². The fourth-order valence-electron chi connectivity index (χ4n) is 2.55.